The van der Waals surface area contributed by atoms with Crippen molar-refractivity contribution in [3.63, 3.8) is 0 Å². The minimum Gasteiger partial charge on any atom is -0.478 e. The van der Waals surface area contributed by atoms with Gasteiger partial charge in [0.25, 0.3) is 5.91 Å². The molecular weight excluding hydrogens is 346 g/mol. The standard InChI is InChI=1S/C22H34ClNO2/c1-22(2,26-20-16-14-18(23)15-17-20)21(25)24-19-12-10-8-6-4-3-5-7-9-11-13-19/h14-17,19H,3-13H2,1-2H3,(H,24,25). The Morgan fingerprint density at radius 3 is 1.88 bits per heavy atom. The van der Waals surface area contributed by atoms with Crippen molar-refractivity contribution in [1.29, 1.82) is 0 Å². The van der Waals surface area contributed by atoms with Crippen LogP contribution in [0.2, 0.25) is 5.02 Å². The van der Waals surface area contributed by atoms with Crippen molar-refractivity contribution in [3.8, 4) is 5.75 Å². The number of amides is 1. The third-order valence-electron chi connectivity index (χ3n) is 5.17. The van der Waals surface area contributed by atoms with E-state index < -0.39 is 5.60 Å². The summed E-state index contributed by atoms with van der Waals surface area (Å²) in [4.78, 5) is 12.8. The molecule has 146 valence electrons. The van der Waals surface area contributed by atoms with E-state index in [1.54, 1.807) is 24.3 Å². The average molecular weight is 380 g/mol. The van der Waals surface area contributed by atoms with Crippen molar-refractivity contribution in [2.45, 2.75) is 96.1 Å². The van der Waals surface area contributed by atoms with Crippen LogP contribution in [0.5, 0.6) is 5.75 Å². The van der Waals surface area contributed by atoms with Gasteiger partial charge < -0.3 is 10.1 Å². The summed E-state index contributed by atoms with van der Waals surface area (Å²) in [6.07, 6.45) is 13.8. The van der Waals surface area contributed by atoms with E-state index in [0.717, 1.165) is 12.8 Å². The maximum atomic E-state index is 12.8. The predicted octanol–water partition coefficient (Wildman–Crippen LogP) is 6.29. The summed E-state index contributed by atoms with van der Waals surface area (Å²) in [5, 5.41) is 3.91. The normalized spacial score (nSPS) is 18.4. The summed E-state index contributed by atoms with van der Waals surface area (Å²) in [5.74, 6) is 0.623. The van der Waals surface area contributed by atoms with E-state index in [9.17, 15) is 4.79 Å². The third-order valence-corrected chi connectivity index (χ3v) is 5.43. The van der Waals surface area contributed by atoms with Gasteiger partial charge in [0.15, 0.2) is 5.60 Å². The quantitative estimate of drug-likeness (QED) is 0.667. The zero-order chi connectivity index (χ0) is 18.8. The Hall–Kier alpha value is -1.22. The van der Waals surface area contributed by atoms with Crippen molar-refractivity contribution in [1.82, 2.24) is 5.32 Å². The topological polar surface area (TPSA) is 38.3 Å². The zero-order valence-electron chi connectivity index (χ0n) is 16.4. The molecule has 0 bridgehead atoms. The zero-order valence-corrected chi connectivity index (χ0v) is 17.1. The molecule has 0 atom stereocenters. The van der Waals surface area contributed by atoms with E-state index in [1.807, 2.05) is 13.8 Å². The highest BCUT2D eigenvalue weighted by Gasteiger charge is 2.31. The Kier molecular flexibility index (Phi) is 8.77. The Morgan fingerprint density at radius 2 is 1.38 bits per heavy atom. The fraction of sp³-hybridized carbons (Fsp3) is 0.682. The Balaban J connectivity index is 1.89. The van der Waals surface area contributed by atoms with Crippen LogP contribution in [0.4, 0.5) is 0 Å². The SMILES string of the molecule is CC(C)(Oc1ccc(Cl)cc1)C(=O)NC1CCCCCCCCCCC1. The second-order valence-electron chi connectivity index (χ2n) is 8.00. The van der Waals surface area contributed by atoms with Crippen LogP contribution in [-0.2, 0) is 4.79 Å². The second kappa shape index (κ2) is 10.8. The molecule has 1 aromatic carbocycles. The summed E-state index contributed by atoms with van der Waals surface area (Å²) < 4.78 is 5.93. The number of nitrogens with one attached hydrogen (secondary N) is 1. The molecule has 1 aliphatic carbocycles. The number of benzene rings is 1. The van der Waals surface area contributed by atoms with E-state index >= 15 is 0 Å². The van der Waals surface area contributed by atoms with E-state index in [0.29, 0.717) is 10.8 Å². The summed E-state index contributed by atoms with van der Waals surface area (Å²) in [6.45, 7) is 3.65. The molecule has 1 N–H and O–H groups in total. The number of hydrogen-bond acceptors (Lipinski definition) is 2. The van der Waals surface area contributed by atoms with Gasteiger partial charge in [-0.15, -0.1) is 0 Å². The molecule has 1 aromatic rings. The van der Waals surface area contributed by atoms with Gasteiger partial charge in [-0.2, -0.15) is 0 Å². The third kappa shape index (κ3) is 7.57. The number of ether oxygens (including phenoxy) is 1. The van der Waals surface area contributed by atoms with Gasteiger partial charge in [0, 0.05) is 11.1 Å². The first-order valence-electron chi connectivity index (χ1n) is 10.2. The molecule has 0 heterocycles. The maximum Gasteiger partial charge on any atom is 0.263 e. The predicted molar refractivity (Wildman–Crippen MR) is 109 cm³/mol. The van der Waals surface area contributed by atoms with Crippen LogP contribution in [0.15, 0.2) is 24.3 Å². The lowest BCUT2D eigenvalue weighted by molar-refractivity contribution is -0.135. The van der Waals surface area contributed by atoms with Crippen LogP contribution in [0.3, 0.4) is 0 Å². The van der Waals surface area contributed by atoms with Crippen LogP contribution in [0.1, 0.15) is 84.5 Å². The van der Waals surface area contributed by atoms with Crippen molar-refractivity contribution in [2.24, 2.45) is 0 Å². The van der Waals surface area contributed by atoms with Crippen LogP contribution in [0.25, 0.3) is 0 Å². The molecule has 0 spiro atoms. The maximum absolute atomic E-state index is 12.8. The lowest BCUT2D eigenvalue weighted by atomic mass is 9.97. The van der Waals surface area contributed by atoms with E-state index in [1.165, 1.54) is 57.8 Å². The minimum atomic E-state index is -0.905. The van der Waals surface area contributed by atoms with Gasteiger partial charge in [0.1, 0.15) is 5.75 Å². The van der Waals surface area contributed by atoms with E-state index in [4.69, 9.17) is 16.3 Å². The fourth-order valence-electron chi connectivity index (χ4n) is 3.51. The van der Waals surface area contributed by atoms with E-state index in [-0.39, 0.29) is 11.9 Å². The first-order valence-corrected chi connectivity index (χ1v) is 10.6. The molecule has 1 amide bonds. The van der Waals surface area contributed by atoms with Gasteiger partial charge in [0.2, 0.25) is 0 Å². The van der Waals surface area contributed by atoms with Gasteiger partial charge in [0.05, 0.1) is 0 Å². The Bertz CT molecular complexity index is 530. The van der Waals surface area contributed by atoms with E-state index in [2.05, 4.69) is 5.32 Å². The lowest BCUT2D eigenvalue weighted by Crippen LogP contribution is -2.50. The highest BCUT2D eigenvalue weighted by molar-refractivity contribution is 6.30. The van der Waals surface area contributed by atoms with Gasteiger partial charge in [-0.25, -0.2) is 0 Å². The first kappa shape index (κ1) is 21.1. The fourth-order valence-corrected chi connectivity index (χ4v) is 3.64. The molecule has 1 aliphatic rings. The monoisotopic (exact) mass is 379 g/mol. The Labute approximate surface area is 163 Å². The van der Waals surface area contributed by atoms with Gasteiger partial charge in [-0.1, -0.05) is 69.4 Å². The van der Waals surface area contributed by atoms with Crippen LogP contribution < -0.4 is 10.1 Å². The second-order valence-corrected chi connectivity index (χ2v) is 8.43. The molecule has 0 aliphatic heterocycles. The molecule has 0 unspecified atom stereocenters. The number of carbonyl (C=O) groups excluding carboxylic acids is 1. The van der Waals surface area contributed by atoms with Crippen LogP contribution in [-0.4, -0.2) is 17.6 Å². The molecule has 1 saturated carbocycles. The smallest absolute Gasteiger partial charge is 0.263 e. The molecule has 1 fully saturated rings. The average Bonchev–Trinajstić information content (AvgIpc) is 2.59. The number of rotatable bonds is 4. The largest absolute Gasteiger partial charge is 0.478 e. The van der Waals surface area contributed by atoms with Gasteiger partial charge in [-0.3, -0.25) is 4.79 Å². The minimum absolute atomic E-state index is 0.0375. The summed E-state index contributed by atoms with van der Waals surface area (Å²) >= 11 is 5.91. The van der Waals surface area contributed by atoms with Crippen molar-refractivity contribution in [3.05, 3.63) is 29.3 Å². The van der Waals surface area contributed by atoms with Crippen LogP contribution in [0, 0.1) is 0 Å². The van der Waals surface area contributed by atoms with Gasteiger partial charge in [-0.05, 0) is 51.0 Å². The summed E-state index contributed by atoms with van der Waals surface area (Å²) in [5.41, 5.74) is -0.905. The van der Waals surface area contributed by atoms with Crippen molar-refractivity contribution < 1.29 is 9.53 Å². The lowest BCUT2D eigenvalue weighted by Gasteiger charge is -2.28. The Morgan fingerprint density at radius 1 is 0.923 bits per heavy atom. The van der Waals surface area contributed by atoms with Crippen molar-refractivity contribution in [2.75, 3.05) is 0 Å². The number of carbonyl (C=O) groups is 1. The molecular formula is C22H34ClNO2. The summed E-state index contributed by atoms with van der Waals surface area (Å²) in [7, 11) is 0. The molecule has 0 aromatic heterocycles. The van der Waals surface area contributed by atoms with Crippen molar-refractivity contribution >= 4 is 17.5 Å². The molecule has 3 nitrogen and oxygen atoms in total. The molecule has 0 saturated heterocycles. The first-order chi connectivity index (χ1) is 12.5. The highest BCUT2D eigenvalue weighted by atomic mass is 35.5. The molecule has 2 rings (SSSR count). The van der Waals surface area contributed by atoms with Gasteiger partial charge >= 0.3 is 0 Å². The number of halogens is 1. The number of hydrogen-bond donors (Lipinski definition) is 1. The van der Waals surface area contributed by atoms with Crippen LogP contribution >= 0.6 is 11.6 Å². The molecule has 4 heteroatoms. The summed E-state index contributed by atoms with van der Waals surface area (Å²) in [6, 6.07) is 7.41. The highest BCUT2D eigenvalue weighted by Crippen LogP contribution is 2.22. The molecule has 0 radical (unpaired) electrons. The molecule has 26 heavy (non-hydrogen) atoms.